The van der Waals surface area contributed by atoms with E-state index < -0.39 is 0 Å². The van der Waals surface area contributed by atoms with E-state index in [1.165, 1.54) is 11.8 Å². The van der Waals surface area contributed by atoms with Crippen molar-refractivity contribution in [1.29, 1.82) is 0 Å². The van der Waals surface area contributed by atoms with Crippen molar-refractivity contribution in [3.05, 3.63) is 20.4 Å². The number of thioether (sulfide) groups is 1. The summed E-state index contributed by atoms with van der Waals surface area (Å²) in [5.41, 5.74) is -0.309. The zero-order chi connectivity index (χ0) is 10.5. The molecule has 0 saturated carbocycles. The number of allylic oxidation sites excluding steroid dienone is 3. The highest BCUT2D eigenvalue weighted by Gasteiger charge is 2.44. The van der Waals surface area contributed by atoms with Gasteiger partial charge >= 0.3 is 0 Å². The van der Waals surface area contributed by atoms with E-state index in [4.69, 9.17) is 23.2 Å². The number of carbonyl (C=O) groups is 1. The van der Waals surface area contributed by atoms with Crippen LogP contribution in [-0.2, 0) is 4.79 Å². The normalized spacial score (nSPS) is 30.4. The highest BCUT2D eigenvalue weighted by molar-refractivity contribution is 8.08. The molecule has 76 valence electrons. The lowest BCUT2D eigenvalue weighted by Crippen LogP contribution is -2.33. The van der Waals surface area contributed by atoms with E-state index in [9.17, 15) is 4.79 Å². The van der Waals surface area contributed by atoms with Gasteiger partial charge in [0.2, 0.25) is 0 Å². The zero-order valence-corrected chi connectivity index (χ0v) is 10.3. The predicted molar refractivity (Wildman–Crippen MR) is 61.3 cm³/mol. The molecule has 0 spiro atoms. The maximum absolute atomic E-state index is 12.1. The quantitative estimate of drug-likeness (QED) is 0.648. The summed E-state index contributed by atoms with van der Waals surface area (Å²) in [6.07, 6.45) is 2.85. The van der Waals surface area contributed by atoms with Gasteiger partial charge in [-0.3, -0.25) is 4.79 Å². The topological polar surface area (TPSA) is 17.1 Å². The molecule has 14 heavy (non-hydrogen) atoms. The first-order valence-electron chi connectivity index (χ1n) is 4.41. The first-order valence-corrected chi connectivity index (χ1v) is 5.98. The lowest BCUT2D eigenvalue weighted by Gasteiger charge is -2.30. The van der Waals surface area contributed by atoms with Crippen LogP contribution >= 0.6 is 35.0 Å². The minimum atomic E-state index is -0.309. The van der Waals surface area contributed by atoms with Crippen molar-refractivity contribution in [1.82, 2.24) is 0 Å². The van der Waals surface area contributed by atoms with Crippen LogP contribution in [0.25, 0.3) is 0 Å². The van der Waals surface area contributed by atoms with E-state index in [-0.39, 0.29) is 17.1 Å². The van der Waals surface area contributed by atoms with Crippen molar-refractivity contribution in [3.63, 3.8) is 0 Å². The first kappa shape index (κ1) is 10.6. The molecule has 0 amide bonds. The minimum absolute atomic E-state index is 0.183. The lowest BCUT2D eigenvalue weighted by molar-refractivity contribution is -0.129. The molecular weight excluding hydrogens is 239 g/mol. The van der Waals surface area contributed by atoms with Gasteiger partial charge in [-0.2, -0.15) is 0 Å². The molecule has 0 N–H and O–H groups in total. The molecule has 0 bridgehead atoms. The van der Waals surface area contributed by atoms with Crippen LogP contribution in [0.1, 0.15) is 20.3 Å². The van der Waals surface area contributed by atoms with Gasteiger partial charge in [-0.1, -0.05) is 54.9 Å². The molecule has 2 aliphatic rings. The van der Waals surface area contributed by atoms with Crippen LogP contribution in [0.5, 0.6) is 0 Å². The number of hydrogen-bond acceptors (Lipinski definition) is 2. The molecule has 1 aliphatic heterocycles. The van der Waals surface area contributed by atoms with E-state index in [2.05, 4.69) is 6.08 Å². The van der Waals surface area contributed by atoms with Crippen LogP contribution in [-0.4, -0.2) is 5.78 Å². The molecule has 0 aromatic carbocycles. The molecule has 0 aromatic rings. The van der Waals surface area contributed by atoms with Gasteiger partial charge in [0.1, 0.15) is 0 Å². The van der Waals surface area contributed by atoms with Crippen LogP contribution in [0.4, 0.5) is 0 Å². The fourth-order valence-corrected chi connectivity index (χ4v) is 3.41. The van der Waals surface area contributed by atoms with Crippen molar-refractivity contribution in [2.75, 3.05) is 0 Å². The summed E-state index contributed by atoms with van der Waals surface area (Å²) in [5, 5.41) is 0.501. The van der Waals surface area contributed by atoms with E-state index in [0.29, 0.717) is 9.40 Å². The molecule has 0 radical (unpaired) electrons. The Labute approximate surface area is 97.5 Å². The highest BCUT2D eigenvalue weighted by atomic mass is 35.5. The molecule has 0 saturated heterocycles. The number of hydrogen-bond donors (Lipinski definition) is 0. The van der Waals surface area contributed by atoms with Crippen molar-refractivity contribution < 1.29 is 4.79 Å². The summed E-state index contributed by atoms with van der Waals surface area (Å²) in [6.45, 7) is 3.90. The number of rotatable bonds is 0. The van der Waals surface area contributed by atoms with Crippen LogP contribution in [0.15, 0.2) is 20.4 Å². The average Bonchev–Trinajstić information content (AvgIpc) is 2.38. The third-order valence-corrected chi connectivity index (χ3v) is 4.76. The Morgan fingerprint density at radius 3 is 2.79 bits per heavy atom. The highest BCUT2D eigenvalue weighted by Crippen LogP contribution is 2.54. The molecule has 2 rings (SSSR count). The molecule has 0 fully saturated rings. The summed E-state index contributed by atoms with van der Waals surface area (Å²) in [4.78, 5) is 13.1. The van der Waals surface area contributed by atoms with E-state index in [0.717, 1.165) is 11.3 Å². The second-order valence-corrected chi connectivity index (χ2v) is 6.31. The summed E-state index contributed by atoms with van der Waals surface area (Å²) < 4.78 is 0.550. The van der Waals surface area contributed by atoms with Gasteiger partial charge in [0, 0.05) is 10.3 Å². The average molecular weight is 249 g/mol. The first-order chi connectivity index (χ1) is 6.43. The van der Waals surface area contributed by atoms with Crippen molar-refractivity contribution in [2.45, 2.75) is 20.3 Å². The van der Waals surface area contributed by atoms with Crippen LogP contribution in [0.2, 0.25) is 0 Å². The SMILES string of the molecule is CC1(C)CC=C2SC(Cl)=C(Cl)C2C1=O. The van der Waals surface area contributed by atoms with Crippen LogP contribution in [0, 0.1) is 11.3 Å². The van der Waals surface area contributed by atoms with Gasteiger partial charge < -0.3 is 0 Å². The Kier molecular flexibility index (Phi) is 2.49. The fraction of sp³-hybridized carbons (Fsp3) is 0.500. The Morgan fingerprint density at radius 2 is 2.14 bits per heavy atom. The smallest absolute Gasteiger partial charge is 0.152 e. The molecule has 1 atom stereocenters. The third kappa shape index (κ3) is 1.44. The van der Waals surface area contributed by atoms with Crippen molar-refractivity contribution in [3.8, 4) is 0 Å². The van der Waals surface area contributed by atoms with E-state index >= 15 is 0 Å². The summed E-state index contributed by atoms with van der Waals surface area (Å²) >= 11 is 13.4. The summed E-state index contributed by atoms with van der Waals surface area (Å²) in [7, 11) is 0. The second kappa shape index (κ2) is 3.29. The number of fused-ring (bicyclic) bond motifs is 1. The lowest BCUT2D eigenvalue weighted by atomic mass is 9.74. The molecule has 0 aromatic heterocycles. The second-order valence-electron chi connectivity index (χ2n) is 4.22. The minimum Gasteiger partial charge on any atom is -0.298 e. The zero-order valence-electron chi connectivity index (χ0n) is 7.93. The molecule has 1 nitrogen and oxygen atoms in total. The van der Waals surface area contributed by atoms with Crippen LogP contribution < -0.4 is 0 Å². The molecular formula is C10H10Cl2OS. The number of ketones is 1. The number of Topliss-reactive ketones (excluding diaryl/α,β-unsaturated/α-hetero) is 1. The van der Waals surface area contributed by atoms with Gasteiger partial charge in [0.15, 0.2) is 5.78 Å². The Balaban J connectivity index is 2.45. The number of carbonyl (C=O) groups excluding carboxylic acids is 1. The van der Waals surface area contributed by atoms with Crippen molar-refractivity contribution in [2.24, 2.45) is 11.3 Å². The molecule has 1 unspecified atom stereocenters. The monoisotopic (exact) mass is 248 g/mol. The molecule has 4 heteroatoms. The maximum Gasteiger partial charge on any atom is 0.152 e. The van der Waals surface area contributed by atoms with E-state index in [1.54, 1.807) is 0 Å². The van der Waals surface area contributed by atoms with Gasteiger partial charge in [-0.15, -0.1) is 0 Å². The van der Waals surface area contributed by atoms with Gasteiger partial charge in [-0.25, -0.2) is 0 Å². The van der Waals surface area contributed by atoms with Gasteiger partial charge in [0.05, 0.1) is 15.3 Å². The summed E-state index contributed by atoms with van der Waals surface area (Å²) in [6, 6.07) is 0. The molecule has 1 heterocycles. The van der Waals surface area contributed by atoms with Gasteiger partial charge in [0.25, 0.3) is 0 Å². The molecule has 1 aliphatic carbocycles. The Hall–Kier alpha value is 0.0800. The standard InChI is InChI=1S/C10H10Cl2OS/c1-10(2)4-3-5-6(8(10)13)7(11)9(12)14-5/h3,6H,4H2,1-2H3. The fourth-order valence-electron chi connectivity index (χ4n) is 1.70. The van der Waals surface area contributed by atoms with Gasteiger partial charge in [-0.05, 0) is 6.42 Å². The Morgan fingerprint density at radius 1 is 1.50 bits per heavy atom. The van der Waals surface area contributed by atoms with E-state index in [1.807, 2.05) is 13.8 Å². The maximum atomic E-state index is 12.1. The third-order valence-electron chi connectivity index (χ3n) is 2.68. The van der Waals surface area contributed by atoms with Crippen LogP contribution in [0.3, 0.4) is 0 Å². The Bertz CT molecular complexity index is 368. The van der Waals surface area contributed by atoms with Crippen molar-refractivity contribution >= 4 is 40.7 Å². The predicted octanol–water partition coefficient (Wildman–Crippen LogP) is 3.88. The number of halogens is 2. The summed E-state index contributed by atoms with van der Waals surface area (Å²) in [5.74, 6) is -0.0962. The largest absolute Gasteiger partial charge is 0.298 e.